The van der Waals surface area contributed by atoms with Crippen LogP contribution >= 0.6 is 0 Å². The normalized spacial score (nSPS) is 19.2. The van der Waals surface area contributed by atoms with Crippen LogP contribution in [0, 0.1) is 16.0 Å². The quantitative estimate of drug-likeness (QED) is 0.111. The molecule has 1 fully saturated rings. The summed E-state index contributed by atoms with van der Waals surface area (Å²) in [6.07, 6.45) is 2.19. The van der Waals surface area contributed by atoms with E-state index in [1.54, 1.807) is 0 Å². The second-order valence-electron chi connectivity index (χ2n) is 9.02. The molecule has 2 atom stereocenters. The summed E-state index contributed by atoms with van der Waals surface area (Å²) in [5.41, 5.74) is 0.539. The molecule has 164 valence electrons. The molecule has 2 rings (SSSR count). The summed E-state index contributed by atoms with van der Waals surface area (Å²) >= 11 is 0. The van der Waals surface area contributed by atoms with Gasteiger partial charge in [0.15, 0.2) is 8.24 Å². The van der Waals surface area contributed by atoms with Gasteiger partial charge in [0.2, 0.25) is 5.91 Å². The van der Waals surface area contributed by atoms with E-state index in [2.05, 4.69) is 40.4 Å². The average molecular weight is 435 g/mol. The lowest BCUT2D eigenvalue weighted by molar-refractivity contribution is -0.384. The first-order valence-electron chi connectivity index (χ1n) is 9.91. The van der Waals surface area contributed by atoms with Crippen LogP contribution in [0.1, 0.15) is 32.8 Å². The third-order valence-electron chi connectivity index (χ3n) is 6.10. The fraction of sp³-hybridized carbons (Fsp3) is 0.524. The molecule has 1 aliphatic rings. The van der Waals surface area contributed by atoms with Gasteiger partial charge in [-0.3, -0.25) is 19.8 Å². The summed E-state index contributed by atoms with van der Waals surface area (Å²) in [4.78, 5) is 44.6. The third kappa shape index (κ3) is 4.96. The van der Waals surface area contributed by atoms with Gasteiger partial charge in [-0.1, -0.05) is 52.1 Å². The van der Waals surface area contributed by atoms with Crippen LogP contribution in [-0.4, -0.2) is 42.2 Å². The molecule has 9 heteroatoms. The van der Waals surface area contributed by atoms with Gasteiger partial charge in [-0.2, -0.15) is 4.89 Å². The number of hydrogen-bond donors (Lipinski definition) is 0. The highest BCUT2D eigenvalue weighted by atomic mass is 28.3. The van der Waals surface area contributed by atoms with Gasteiger partial charge in [-0.05, 0) is 17.0 Å². The van der Waals surface area contributed by atoms with Gasteiger partial charge in [0.1, 0.15) is 0 Å². The summed E-state index contributed by atoms with van der Waals surface area (Å²) < 4.78 is 2.01. The highest BCUT2D eigenvalue weighted by Gasteiger charge is 2.55. The molecule has 0 saturated carbocycles. The summed E-state index contributed by atoms with van der Waals surface area (Å²) in [6.45, 7) is 14.9. The van der Waals surface area contributed by atoms with Gasteiger partial charge < -0.3 is 4.57 Å². The zero-order valence-corrected chi connectivity index (χ0v) is 19.2. The number of hydrogen-bond acceptors (Lipinski definition) is 6. The second kappa shape index (κ2) is 9.09. The number of nitro groups is 1. The molecule has 30 heavy (non-hydrogen) atoms. The van der Waals surface area contributed by atoms with Crippen molar-refractivity contribution in [3.05, 3.63) is 52.6 Å². The fourth-order valence-corrected chi connectivity index (χ4v) is 5.83. The molecule has 1 heterocycles. The van der Waals surface area contributed by atoms with Crippen LogP contribution in [0.5, 0.6) is 0 Å². The lowest BCUT2D eigenvalue weighted by Crippen LogP contribution is -2.72. The van der Waals surface area contributed by atoms with Crippen LogP contribution in [0.3, 0.4) is 0 Å². The molecule has 1 saturated heterocycles. The Morgan fingerprint density at radius 3 is 2.40 bits per heavy atom. The van der Waals surface area contributed by atoms with Crippen molar-refractivity contribution in [3.8, 4) is 0 Å². The Hall–Kier alpha value is -2.52. The first kappa shape index (κ1) is 23.8. The van der Waals surface area contributed by atoms with Crippen molar-refractivity contribution in [2.45, 2.75) is 57.8 Å². The Morgan fingerprint density at radius 1 is 1.30 bits per heavy atom. The van der Waals surface area contributed by atoms with Crippen LogP contribution in [0.15, 0.2) is 36.9 Å². The molecule has 1 aromatic rings. The van der Waals surface area contributed by atoms with Crippen LogP contribution in [0.25, 0.3) is 0 Å². The maximum atomic E-state index is 12.8. The molecular formula is C21H30N2O6Si. The standard InChI is InChI=1S/C21H30N2O6Si/c1-7-18-17(20(25)22(18)30(5,6)21(2,3)4)12-13-28-29-19(24)14-15-8-10-16(11-9-15)23(26)27/h7-11,17-18H,1,12-14H2,2-6H3. The molecule has 0 N–H and O–H groups in total. The third-order valence-corrected chi connectivity index (χ3v) is 11.5. The van der Waals surface area contributed by atoms with E-state index in [-0.39, 0.29) is 41.6 Å². The second-order valence-corrected chi connectivity index (χ2v) is 14.1. The van der Waals surface area contributed by atoms with E-state index in [0.717, 1.165) is 0 Å². The predicted molar refractivity (Wildman–Crippen MR) is 115 cm³/mol. The van der Waals surface area contributed by atoms with E-state index in [4.69, 9.17) is 9.78 Å². The van der Waals surface area contributed by atoms with Gasteiger partial charge in [-0.25, -0.2) is 4.79 Å². The summed E-state index contributed by atoms with van der Waals surface area (Å²) in [5.74, 6) is -0.718. The molecule has 0 aromatic heterocycles. The molecule has 0 bridgehead atoms. The van der Waals surface area contributed by atoms with E-state index in [1.807, 2.05) is 10.6 Å². The number of nitro benzene ring substituents is 1. The van der Waals surface area contributed by atoms with E-state index < -0.39 is 19.1 Å². The molecule has 0 aliphatic carbocycles. The minimum Gasteiger partial charge on any atom is -0.362 e. The number of carbonyl (C=O) groups excluding carboxylic acids is 2. The molecule has 2 unspecified atom stereocenters. The number of nitrogens with zero attached hydrogens (tertiary/aromatic N) is 2. The van der Waals surface area contributed by atoms with Crippen LogP contribution in [0.4, 0.5) is 5.69 Å². The smallest absolute Gasteiger partial charge is 0.346 e. The van der Waals surface area contributed by atoms with E-state index in [1.165, 1.54) is 24.3 Å². The van der Waals surface area contributed by atoms with Crippen molar-refractivity contribution in [2.24, 2.45) is 5.92 Å². The first-order valence-corrected chi connectivity index (χ1v) is 12.9. The molecule has 1 amide bonds. The Labute approximate surface area is 178 Å². The topological polar surface area (TPSA) is 99.0 Å². The van der Waals surface area contributed by atoms with E-state index in [9.17, 15) is 19.7 Å². The lowest BCUT2D eigenvalue weighted by atomic mass is 9.88. The van der Waals surface area contributed by atoms with Crippen molar-refractivity contribution < 1.29 is 24.3 Å². The van der Waals surface area contributed by atoms with E-state index >= 15 is 0 Å². The van der Waals surface area contributed by atoms with Crippen LogP contribution < -0.4 is 0 Å². The van der Waals surface area contributed by atoms with Crippen molar-refractivity contribution >= 4 is 25.8 Å². The maximum Gasteiger partial charge on any atom is 0.346 e. The molecule has 1 aliphatic heterocycles. The Morgan fingerprint density at radius 2 is 1.90 bits per heavy atom. The Balaban J connectivity index is 1.80. The summed E-state index contributed by atoms with van der Waals surface area (Å²) in [5, 5.41) is 10.7. The number of amides is 1. The largest absolute Gasteiger partial charge is 0.362 e. The van der Waals surface area contributed by atoms with Crippen molar-refractivity contribution in [2.75, 3.05) is 6.61 Å². The monoisotopic (exact) mass is 434 g/mol. The van der Waals surface area contributed by atoms with Gasteiger partial charge in [0.05, 0.1) is 29.9 Å². The van der Waals surface area contributed by atoms with Crippen molar-refractivity contribution in [1.29, 1.82) is 0 Å². The van der Waals surface area contributed by atoms with Gasteiger partial charge in [0, 0.05) is 12.1 Å². The zero-order valence-electron chi connectivity index (χ0n) is 18.2. The number of β-lactam (4-membered cyclic amide) rings is 1. The van der Waals surface area contributed by atoms with Crippen LogP contribution in [0.2, 0.25) is 18.1 Å². The molecule has 0 spiro atoms. The minimum atomic E-state index is -1.99. The minimum absolute atomic E-state index is 0.0298. The van der Waals surface area contributed by atoms with Crippen LogP contribution in [-0.2, 0) is 25.8 Å². The summed E-state index contributed by atoms with van der Waals surface area (Å²) in [7, 11) is -1.99. The van der Waals surface area contributed by atoms with Gasteiger partial charge >= 0.3 is 5.97 Å². The molecule has 1 aromatic carbocycles. The molecule has 0 radical (unpaired) electrons. The summed E-state index contributed by atoms with van der Waals surface area (Å²) in [6, 6.07) is 5.62. The fourth-order valence-electron chi connectivity index (χ4n) is 3.36. The maximum absolute atomic E-state index is 12.8. The Kier molecular flexibility index (Phi) is 7.20. The average Bonchev–Trinajstić information content (AvgIpc) is 2.64. The first-order chi connectivity index (χ1) is 13.9. The zero-order chi connectivity index (χ0) is 22.7. The van der Waals surface area contributed by atoms with Gasteiger partial charge in [-0.15, -0.1) is 6.58 Å². The van der Waals surface area contributed by atoms with Crippen molar-refractivity contribution in [3.63, 3.8) is 0 Å². The number of carbonyl (C=O) groups is 2. The lowest BCUT2D eigenvalue weighted by Gasteiger charge is -2.57. The number of non-ortho nitro benzene ring substituents is 1. The number of benzene rings is 1. The Bertz CT molecular complexity index is 816. The SMILES string of the molecule is C=CC1C(CCOOC(=O)Cc2ccc([N+](=O)[O-])cc2)C(=O)N1[Si](C)(C)C(C)(C)C. The molecule has 8 nitrogen and oxygen atoms in total. The van der Waals surface area contributed by atoms with E-state index in [0.29, 0.717) is 12.0 Å². The highest BCUT2D eigenvalue weighted by molar-refractivity contribution is 6.80. The predicted octanol–water partition coefficient (Wildman–Crippen LogP) is 4.02. The molecular weight excluding hydrogens is 404 g/mol. The van der Waals surface area contributed by atoms with Gasteiger partial charge in [0.25, 0.3) is 5.69 Å². The highest BCUT2D eigenvalue weighted by Crippen LogP contribution is 2.45. The number of rotatable bonds is 9. The van der Waals surface area contributed by atoms with Crippen molar-refractivity contribution in [1.82, 2.24) is 4.57 Å².